The maximum atomic E-state index is 12.8. The molecule has 16 nitrogen and oxygen atoms in total. The molecule has 0 saturated carbocycles. The van der Waals surface area contributed by atoms with Crippen molar-refractivity contribution >= 4 is 41.0 Å². The molecule has 2 aliphatic rings. The van der Waals surface area contributed by atoms with Crippen molar-refractivity contribution < 1.29 is 14.7 Å². The average molecular weight is 704 g/mol. The van der Waals surface area contributed by atoms with Gasteiger partial charge in [0.15, 0.2) is 0 Å². The smallest absolute Gasteiger partial charge is 0.251 e. The Bertz CT molecular complexity index is 1520. The highest BCUT2D eigenvalue weighted by atomic mass is 16.3. The molecule has 2 aliphatic heterocycles. The molecule has 1 aromatic heterocycles. The Labute approximate surface area is 299 Å². The van der Waals surface area contributed by atoms with Crippen molar-refractivity contribution in [3.8, 4) is 0 Å². The Kier molecular flexibility index (Phi) is 13.1. The number of nitrogens with two attached hydrogens (primary N) is 4. The molecular formula is C35H53N13O3. The fourth-order valence-electron chi connectivity index (χ4n) is 6.47. The fraction of sp³-hybridized carbons (Fsp3) is 0.514. The third-order valence-corrected chi connectivity index (χ3v) is 9.18. The Hall–Kier alpha value is -4.45. The van der Waals surface area contributed by atoms with Crippen LogP contribution in [0.15, 0.2) is 48.5 Å². The van der Waals surface area contributed by atoms with Crippen LogP contribution in [0.1, 0.15) is 55.1 Å². The number of carbonyl (C=O) groups is 2. The van der Waals surface area contributed by atoms with Crippen LogP contribution in [0.2, 0.25) is 0 Å². The molecule has 2 amide bonds. The number of nitrogens with zero attached hydrogens (tertiary/aromatic N) is 6. The van der Waals surface area contributed by atoms with E-state index in [1.165, 1.54) is 0 Å². The molecule has 5 atom stereocenters. The van der Waals surface area contributed by atoms with Crippen molar-refractivity contribution in [3.05, 3.63) is 59.7 Å². The van der Waals surface area contributed by atoms with Gasteiger partial charge in [0.25, 0.3) is 5.91 Å². The van der Waals surface area contributed by atoms with Crippen LogP contribution in [-0.2, 0) is 4.79 Å². The first-order valence-corrected chi connectivity index (χ1v) is 17.7. The summed E-state index contributed by atoms with van der Waals surface area (Å²) < 4.78 is 0. The van der Waals surface area contributed by atoms with Crippen LogP contribution >= 0.6 is 0 Å². The highest BCUT2D eigenvalue weighted by Gasteiger charge is 2.29. The molecule has 3 heterocycles. The van der Waals surface area contributed by atoms with Crippen LogP contribution in [-0.4, -0.2) is 113 Å². The van der Waals surface area contributed by atoms with Gasteiger partial charge >= 0.3 is 0 Å². The lowest BCUT2D eigenvalue weighted by molar-refractivity contribution is -0.118. The number of aliphatic hydroxyl groups is 1. The van der Waals surface area contributed by atoms with E-state index in [0.29, 0.717) is 73.1 Å². The lowest BCUT2D eigenvalue weighted by Gasteiger charge is -2.37. The largest absolute Gasteiger partial charge is 0.388 e. The number of carbonyl (C=O) groups excluding carboxylic acids is 2. The molecule has 51 heavy (non-hydrogen) atoms. The van der Waals surface area contributed by atoms with Gasteiger partial charge in [0.2, 0.25) is 23.8 Å². The predicted octanol–water partition coefficient (Wildman–Crippen LogP) is 0.478. The number of nitrogens with one attached hydrogen (secondary N) is 3. The van der Waals surface area contributed by atoms with Gasteiger partial charge in [-0.1, -0.05) is 26.0 Å². The van der Waals surface area contributed by atoms with Gasteiger partial charge in [-0.05, 0) is 67.9 Å². The number of piperidine rings is 2. The van der Waals surface area contributed by atoms with Crippen LogP contribution in [0.4, 0.5) is 29.2 Å². The molecule has 12 N–H and O–H groups in total. The Morgan fingerprint density at radius 1 is 0.804 bits per heavy atom. The lowest BCUT2D eigenvalue weighted by atomic mass is 10.0. The zero-order valence-electron chi connectivity index (χ0n) is 29.5. The topological polar surface area (TPSA) is 243 Å². The van der Waals surface area contributed by atoms with E-state index in [2.05, 4.69) is 34.7 Å². The molecule has 2 aromatic carbocycles. The molecule has 276 valence electrons. The minimum absolute atomic E-state index is 0.102. The first-order valence-electron chi connectivity index (χ1n) is 17.7. The summed E-state index contributed by atoms with van der Waals surface area (Å²) >= 11 is 0. The van der Waals surface area contributed by atoms with Crippen molar-refractivity contribution in [1.29, 1.82) is 0 Å². The zero-order valence-corrected chi connectivity index (χ0v) is 29.5. The van der Waals surface area contributed by atoms with E-state index in [0.717, 1.165) is 32.5 Å². The van der Waals surface area contributed by atoms with E-state index in [1.807, 2.05) is 9.80 Å². The molecule has 0 radical (unpaired) electrons. The summed E-state index contributed by atoms with van der Waals surface area (Å²) in [5.74, 6) is 0.718. The first kappa shape index (κ1) is 37.8. The van der Waals surface area contributed by atoms with Gasteiger partial charge < -0.3 is 58.7 Å². The van der Waals surface area contributed by atoms with Crippen molar-refractivity contribution in [2.45, 2.75) is 63.4 Å². The summed E-state index contributed by atoms with van der Waals surface area (Å²) in [5.41, 5.74) is 27.4. The summed E-state index contributed by atoms with van der Waals surface area (Å²) in [5, 5.41) is 19.8. The first-order chi connectivity index (χ1) is 24.5. The number of likely N-dealkylation sites (N-methyl/N-ethyl adjacent to an activating group) is 1. The van der Waals surface area contributed by atoms with Gasteiger partial charge in [0.05, 0.1) is 12.5 Å². The van der Waals surface area contributed by atoms with Gasteiger partial charge in [0.1, 0.15) is 0 Å². The Balaban J connectivity index is 1.19. The van der Waals surface area contributed by atoms with E-state index in [1.54, 1.807) is 48.5 Å². The van der Waals surface area contributed by atoms with Gasteiger partial charge in [-0.15, -0.1) is 0 Å². The molecule has 0 bridgehead atoms. The number of amides is 2. The summed E-state index contributed by atoms with van der Waals surface area (Å²) in [6.07, 6.45) is 0.256. The van der Waals surface area contributed by atoms with Crippen molar-refractivity contribution in [2.24, 2.45) is 22.9 Å². The average Bonchev–Trinajstić information content (AvgIpc) is 3.09. The second kappa shape index (κ2) is 17.7. The molecule has 0 spiro atoms. The number of benzene rings is 2. The van der Waals surface area contributed by atoms with Crippen LogP contribution < -0.4 is 48.7 Å². The third-order valence-electron chi connectivity index (χ3n) is 9.18. The highest BCUT2D eigenvalue weighted by molar-refractivity contribution is 5.95. The third kappa shape index (κ3) is 10.8. The second-order valence-electron chi connectivity index (χ2n) is 13.5. The van der Waals surface area contributed by atoms with E-state index in [9.17, 15) is 14.7 Å². The normalized spacial score (nSPS) is 21.3. The molecule has 2 saturated heterocycles. The second-order valence-corrected chi connectivity index (χ2v) is 13.5. The van der Waals surface area contributed by atoms with Gasteiger partial charge in [-0.25, -0.2) is 0 Å². The van der Waals surface area contributed by atoms with Crippen LogP contribution in [0, 0.1) is 0 Å². The number of aromatic nitrogens is 3. The fourth-order valence-corrected chi connectivity index (χ4v) is 6.47. The molecule has 5 rings (SSSR count). The van der Waals surface area contributed by atoms with Gasteiger partial charge in [-0.3, -0.25) is 9.59 Å². The molecule has 2 fully saturated rings. The van der Waals surface area contributed by atoms with E-state index in [4.69, 9.17) is 37.9 Å². The number of rotatable bonds is 14. The maximum absolute atomic E-state index is 12.8. The van der Waals surface area contributed by atoms with Crippen molar-refractivity contribution in [2.75, 3.05) is 72.8 Å². The standard InChI is InChI=1S/C35H53N13O3/c1-3-46(4-2)14-13-40-32(51)23-7-11-28(12-8-23)41-31(50)17-30(49)22-5-9-29(10-6-22)42-33-43-34(47-18-24(36)15-25(37)19-47)45-35(44-33)48-20-26(38)16-27(39)21-48/h5-12,24-27,30,49H,3-4,13-21,36-39H2,1-2H3,(H,40,51)(H,41,50)(H,42,43,44,45)/t24-,25+,26-,27+,30?. The monoisotopic (exact) mass is 703 g/mol. The Morgan fingerprint density at radius 3 is 1.82 bits per heavy atom. The molecule has 1 unspecified atom stereocenters. The predicted molar refractivity (Wildman–Crippen MR) is 200 cm³/mol. The minimum Gasteiger partial charge on any atom is -0.388 e. The summed E-state index contributed by atoms with van der Waals surface area (Å²) in [7, 11) is 0. The number of hydrogen-bond donors (Lipinski definition) is 8. The quantitative estimate of drug-likeness (QED) is 0.114. The molecule has 0 aliphatic carbocycles. The lowest BCUT2D eigenvalue weighted by Crippen LogP contribution is -2.54. The van der Waals surface area contributed by atoms with E-state index >= 15 is 0 Å². The van der Waals surface area contributed by atoms with Crippen molar-refractivity contribution in [3.63, 3.8) is 0 Å². The molecular weight excluding hydrogens is 650 g/mol. The zero-order chi connectivity index (χ0) is 36.5. The Morgan fingerprint density at radius 2 is 1.31 bits per heavy atom. The number of aliphatic hydroxyl groups excluding tert-OH is 1. The maximum Gasteiger partial charge on any atom is 0.251 e. The van der Waals surface area contributed by atoms with Crippen LogP contribution in [0.25, 0.3) is 0 Å². The SMILES string of the molecule is CCN(CC)CCNC(=O)c1ccc(NC(=O)CC(O)c2ccc(Nc3nc(N4C[C@H](N)C[C@H](N)C4)nc(N4C[C@H](N)C[C@H](N)C4)n3)cc2)cc1. The van der Waals surface area contributed by atoms with E-state index in [-0.39, 0.29) is 42.4 Å². The number of anilines is 5. The summed E-state index contributed by atoms with van der Waals surface area (Å²) in [6.45, 7) is 9.64. The highest BCUT2D eigenvalue weighted by Crippen LogP contribution is 2.25. The number of hydrogen-bond acceptors (Lipinski definition) is 14. The molecule has 16 heteroatoms. The summed E-state index contributed by atoms with van der Waals surface area (Å²) in [6, 6.07) is 13.3. The molecule has 3 aromatic rings. The van der Waals surface area contributed by atoms with Crippen LogP contribution in [0.3, 0.4) is 0 Å². The minimum atomic E-state index is -1.04. The van der Waals surface area contributed by atoms with Crippen molar-refractivity contribution in [1.82, 2.24) is 25.2 Å². The van der Waals surface area contributed by atoms with Gasteiger partial charge in [0, 0.05) is 80.4 Å². The summed E-state index contributed by atoms with van der Waals surface area (Å²) in [4.78, 5) is 45.6. The van der Waals surface area contributed by atoms with Gasteiger partial charge in [-0.2, -0.15) is 15.0 Å². The van der Waals surface area contributed by atoms with E-state index < -0.39 is 6.10 Å². The van der Waals surface area contributed by atoms with Crippen LogP contribution in [0.5, 0.6) is 0 Å².